The van der Waals surface area contributed by atoms with Crippen molar-refractivity contribution in [1.29, 1.82) is 0 Å². The van der Waals surface area contributed by atoms with Crippen LogP contribution >= 0.6 is 0 Å². The third-order valence-electron chi connectivity index (χ3n) is 1.70. The molecule has 0 rings (SSSR count). The van der Waals surface area contributed by atoms with Crippen molar-refractivity contribution in [3.63, 3.8) is 0 Å². The Morgan fingerprint density at radius 3 is 2.35 bits per heavy atom. The number of rotatable bonds is 8. The summed E-state index contributed by atoms with van der Waals surface area (Å²) in [4.78, 5) is 21.4. The summed E-state index contributed by atoms with van der Waals surface area (Å²) < 4.78 is 24.2. The molecule has 0 bridgehead atoms. The molecule has 0 aliphatic carbocycles. The van der Waals surface area contributed by atoms with Crippen molar-refractivity contribution in [3.8, 4) is 0 Å². The maximum atomic E-state index is 11.2. The number of hydrogen-bond donors (Lipinski definition) is 3. The number of carboxylic acid groups (broad SMARTS) is 1. The first kappa shape index (κ1) is 15.9. The largest absolute Gasteiger partial charge is 0.480 e. The lowest BCUT2D eigenvalue weighted by atomic mass is 10.2. The van der Waals surface area contributed by atoms with E-state index in [2.05, 4.69) is 5.32 Å². The molecule has 0 saturated heterocycles. The van der Waals surface area contributed by atoms with Gasteiger partial charge in [-0.15, -0.1) is 0 Å². The average molecular weight is 266 g/mol. The monoisotopic (exact) mass is 266 g/mol. The molecule has 0 aromatic carbocycles. The van der Waals surface area contributed by atoms with Crippen LogP contribution in [0.4, 0.5) is 0 Å². The molecule has 0 heterocycles. The minimum Gasteiger partial charge on any atom is -0.480 e. The zero-order valence-corrected chi connectivity index (χ0v) is 10.7. The van der Waals surface area contributed by atoms with Crippen LogP contribution in [0.5, 0.6) is 0 Å². The van der Waals surface area contributed by atoms with Crippen LogP contribution in [0.1, 0.15) is 20.3 Å². The Balaban J connectivity index is 3.83. The molecule has 0 spiro atoms. The number of hydrogen-bond acceptors (Lipinski definition) is 4. The molecular weight excluding hydrogens is 248 g/mol. The van der Waals surface area contributed by atoms with Gasteiger partial charge in [0.05, 0.1) is 0 Å². The Morgan fingerprint density at radius 1 is 1.29 bits per heavy atom. The molecule has 0 unspecified atom stereocenters. The maximum absolute atomic E-state index is 11.2. The van der Waals surface area contributed by atoms with Crippen molar-refractivity contribution < 1.29 is 23.1 Å². The smallest absolute Gasteiger partial charge is 0.320 e. The highest BCUT2D eigenvalue weighted by Crippen LogP contribution is 1.89. The number of amides is 1. The van der Waals surface area contributed by atoms with Gasteiger partial charge in [0.1, 0.15) is 0 Å². The number of sulfonamides is 1. The van der Waals surface area contributed by atoms with Crippen LogP contribution in [0.2, 0.25) is 0 Å². The van der Waals surface area contributed by atoms with Gasteiger partial charge in [0.15, 0.2) is 5.75 Å². The molecule has 0 saturated carbocycles. The first-order valence-electron chi connectivity index (χ1n) is 5.19. The fraction of sp³-hybridized carbons (Fsp3) is 0.778. The molecule has 1 amide bonds. The van der Waals surface area contributed by atoms with Crippen LogP contribution in [0.15, 0.2) is 0 Å². The van der Waals surface area contributed by atoms with Crippen molar-refractivity contribution in [2.24, 2.45) is 5.92 Å². The highest BCUT2D eigenvalue weighted by Gasteiger charge is 2.15. The molecule has 0 aromatic rings. The first-order chi connectivity index (χ1) is 7.73. The molecule has 17 heavy (non-hydrogen) atoms. The first-order valence-corrected chi connectivity index (χ1v) is 6.84. The topological polar surface area (TPSA) is 113 Å². The van der Waals surface area contributed by atoms with Gasteiger partial charge < -0.3 is 10.4 Å². The number of aliphatic carboxylic acids is 1. The van der Waals surface area contributed by atoms with E-state index >= 15 is 0 Å². The molecule has 8 heteroatoms. The van der Waals surface area contributed by atoms with Crippen LogP contribution in [-0.2, 0) is 19.6 Å². The third-order valence-corrected chi connectivity index (χ3v) is 2.97. The molecule has 0 aliphatic rings. The summed E-state index contributed by atoms with van der Waals surface area (Å²) in [6, 6.07) is 0. The van der Waals surface area contributed by atoms with Gasteiger partial charge in [0.2, 0.25) is 15.9 Å². The zero-order valence-electron chi connectivity index (χ0n) is 9.89. The van der Waals surface area contributed by atoms with E-state index in [9.17, 15) is 18.0 Å². The van der Waals surface area contributed by atoms with Gasteiger partial charge in [0, 0.05) is 19.5 Å². The summed E-state index contributed by atoms with van der Waals surface area (Å²) in [5, 5.41) is 10.9. The summed E-state index contributed by atoms with van der Waals surface area (Å²) in [5.41, 5.74) is 0. The standard InChI is InChI=1S/C9H18N2O5S/c1-7(2)5-10-8(12)3-4-11-17(15,16)6-9(13)14/h7,11H,3-6H2,1-2H3,(H,10,12)(H,13,14). The molecule has 0 aliphatic heterocycles. The number of nitrogens with one attached hydrogen (secondary N) is 2. The maximum Gasteiger partial charge on any atom is 0.320 e. The Bertz CT molecular complexity index is 364. The summed E-state index contributed by atoms with van der Waals surface area (Å²) >= 11 is 0. The average Bonchev–Trinajstić information content (AvgIpc) is 2.12. The minimum absolute atomic E-state index is 0.00836. The van der Waals surface area contributed by atoms with E-state index in [0.29, 0.717) is 12.5 Å². The fourth-order valence-corrected chi connectivity index (χ4v) is 1.78. The predicted molar refractivity (Wildman–Crippen MR) is 61.9 cm³/mol. The quantitative estimate of drug-likeness (QED) is 0.530. The molecule has 0 radical (unpaired) electrons. The fourth-order valence-electron chi connectivity index (χ4n) is 0.940. The summed E-state index contributed by atoms with van der Waals surface area (Å²) in [6.45, 7) is 4.31. The minimum atomic E-state index is -3.84. The van der Waals surface area contributed by atoms with Crippen molar-refractivity contribution in [1.82, 2.24) is 10.0 Å². The van der Waals surface area contributed by atoms with E-state index in [0.717, 1.165) is 0 Å². The van der Waals surface area contributed by atoms with Crippen molar-refractivity contribution >= 4 is 21.9 Å². The number of carbonyl (C=O) groups excluding carboxylic acids is 1. The second-order valence-electron chi connectivity index (χ2n) is 4.00. The van der Waals surface area contributed by atoms with Gasteiger partial charge in [-0.3, -0.25) is 9.59 Å². The van der Waals surface area contributed by atoms with Gasteiger partial charge in [-0.2, -0.15) is 0 Å². The normalized spacial score (nSPS) is 11.5. The predicted octanol–water partition coefficient (Wildman–Crippen LogP) is -0.847. The second kappa shape index (κ2) is 7.23. The van der Waals surface area contributed by atoms with Crippen molar-refractivity contribution in [2.45, 2.75) is 20.3 Å². The Kier molecular flexibility index (Phi) is 6.74. The number of carboxylic acids is 1. The number of carbonyl (C=O) groups is 2. The SMILES string of the molecule is CC(C)CNC(=O)CCNS(=O)(=O)CC(=O)O. The van der Waals surface area contributed by atoms with Gasteiger partial charge in [-0.1, -0.05) is 13.8 Å². The van der Waals surface area contributed by atoms with E-state index in [-0.39, 0.29) is 18.9 Å². The van der Waals surface area contributed by atoms with E-state index < -0.39 is 21.7 Å². The van der Waals surface area contributed by atoms with E-state index in [1.165, 1.54) is 0 Å². The lowest BCUT2D eigenvalue weighted by Gasteiger charge is -2.08. The van der Waals surface area contributed by atoms with Crippen molar-refractivity contribution in [2.75, 3.05) is 18.8 Å². The van der Waals surface area contributed by atoms with Gasteiger partial charge in [-0.05, 0) is 5.92 Å². The molecular formula is C9H18N2O5S. The lowest BCUT2D eigenvalue weighted by molar-refractivity contribution is -0.134. The van der Waals surface area contributed by atoms with Gasteiger partial charge >= 0.3 is 5.97 Å². The zero-order chi connectivity index (χ0) is 13.5. The summed E-state index contributed by atoms with van der Waals surface area (Å²) in [7, 11) is -3.84. The second-order valence-corrected chi connectivity index (χ2v) is 5.80. The van der Waals surface area contributed by atoms with E-state index in [4.69, 9.17) is 5.11 Å². The van der Waals surface area contributed by atoms with Crippen LogP contribution in [-0.4, -0.2) is 44.2 Å². The highest BCUT2D eigenvalue weighted by molar-refractivity contribution is 7.90. The molecule has 3 N–H and O–H groups in total. The van der Waals surface area contributed by atoms with Gasteiger partial charge in [-0.25, -0.2) is 13.1 Å². The van der Waals surface area contributed by atoms with Crippen LogP contribution in [0.25, 0.3) is 0 Å². The highest BCUT2D eigenvalue weighted by atomic mass is 32.2. The van der Waals surface area contributed by atoms with Gasteiger partial charge in [0.25, 0.3) is 0 Å². The Hall–Kier alpha value is -1.15. The molecule has 0 atom stereocenters. The van der Waals surface area contributed by atoms with Crippen LogP contribution in [0, 0.1) is 5.92 Å². The summed E-state index contributed by atoms with van der Waals surface area (Å²) in [5.74, 6) is -2.36. The molecule has 100 valence electrons. The van der Waals surface area contributed by atoms with E-state index in [1.807, 2.05) is 18.6 Å². The van der Waals surface area contributed by atoms with Crippen LogP contribution in [0.3, 0.4) is 0 Å². The Morgan fingerprint density at radius 2 is 1.88 bits per heavy atom. The molecule has 7 nitrogen and oxygen atoms in total. The molecule has 0 aromatic heterocycles. The Labute approximate surface area is 101 Å². The van der Waals surface area contributed by atoms with E-state index in [1.54, 1.807) is 0 Å². The van der Waals surface area contributed by atoms with Crippen molar-refractivity contribution in [3.05, 3.63) is 0 Å². The summed E-state index contributed by atoms with van der Waals surface area (Å²) in [6.07, 6.45) is -0.00836. The van der Waals surface area contributed by atoms with Crippen LogP contribution < -0.4 is 10.0 Å². The molecule has 0 fully saturated rings. The third kappa shape index (κ3) is 9.76. The lowest BCUT2D eigenvalue weighted by Crippen LogP contribution is -2.34.